The molecule has 0 saturated heterocycles. The zero-order chi connectivity index (χ0) is 9.68. The molecule has 0 radical (unpaired) electrons. The minimum Gasteiger partial charge on any atom is -0.399 e. The Morgan fingerprint density at radius 2 is 2.31 bits per heavy atom. The summed E-state index contributed by atoms with van der Waals surface area (Å²) in [6.07, 6.45) is 3.27. The Morgan fingerprint density at radius 3 is 2.92 bits per heavy atom. The molecule has 66 valence electrons. The number of hydrogen-bond donors (Lipinski definition) is 2. The second-order valence-corrected chi connectivity index (χ2v) is 2.54. The minimum absolute atomic E-state index is 0.0325. The summed E-state index contributed by atoms with van der Waals surface area (Å²) in [5, 5.41) is 17.3. The molecule has 13 heavy (non-hydrogen) atoms. The molecule has 3 heteroatoms. The van der Waals surface area contributed by atoms with Crippen molar-refractivity contribution in [3.8, 4) is 6.07 Å². The quantitative estimate of drug-likeness (QED) is 0.660. The molecule has 0 fully saturated rings. The SMILES string of the molecule is N#Cc1cc(N)ccc1C=CCO. The molecule has 1 aromatic rings. The maximum Gasteiger partial charge on any atom is 0.0998 e. The highest BCUT2D eigenvalue weighted by Crippen LogP contribution is 2.13. The van der Waals surface area contributed by atoms with Crippen molar-refractivity contribution in [2.24, 2.45) is 0 Å². The summed E-state index contributed by atoms with van der Waals surface area (Å²) in [6.45, 7) is -0.0325. The van der Waals surface area contributed by atoms with Crippen molar-refractivity contribution < 1.29 is 5.11 Å². The molecule has 0 atom stereocenters. The van der Waals surface area contributed by atoms with Crippen LogP contribution in [0.5, 0.6) is 0 Å². The Balaban J connectivity index is 3.08. The summed E-state index contributed by atoms with van der Waals surface area (Å²) in [5.74, 6) is 0. The maximum absolute atomic E-state index is 8.74. The van der Waals surface area contributed by atoms with Crippen LogP contribution in [0.2, 0.25) is 0 Å². The number of benzene rings is 1. The van der Waals surface area contributed by atoms with Crippen molar-refractivity contribution in [3.05, 3.63) is 35.4 Å². The summed E-state index contributed by atoms with van der Waals surface area (Å²) >= 11 is 0. The van der Waals surface area contributed by atoms with Crippen LogP contribution < -0.4 is 5.73 Å². The van der Waals surface area contributed by atoms with E-state index in [4.69, 9.17) is 16.1 Å². The first-order valence-electron chi connectivity index (χ1n) is 3.85. The van der Waals surface area contributed by atoms with E-state index in [0.29, 0.717) is 11.3 Å². The predicted molar refractivity (Wildman–Crippen MR) is 51.7 cm³/mol. The van der Waals surface area contributed by atoms with Crippen LogP contribution >= 0.6 is 0 Å². The number of hydrogen-bond acceptors (Lipinski definition) is 3. The average molecular weight is 174 g/mol. The van der Waals surface area contributed by atoms with E-state index < -0.39 is 0 Å². The Labute approximate surface area is 76.7 Å². The predicted octanol–water partition coefficient (Wildman–Crippen LogP) is 1.15. The van der Waals surface area contributed by atoms with Gasteiger partial charge in [0, 0.05) is 5.69 Å². The van der Waals surface area contributed by atoms with Crippen molar-refractivity contribution in [2.45, 2.75) is 0 Å². The zero-order valence-corrected chi connectivity index (χ0v) is 7.07. The summed E-state index contributed by atoms with van der Waals surface area (Å²) in [6, 6.07) is 7.11. The van der Waals surface area contributed by atoms with E-state index in [1.165, 1.54) is 0 Å². The van der Waals surface area contributed by atoms with Crippen LogP contribution in [0.25, 0.3) is 6.08 Å². The highest BCUT2D eigenvalue weighted by Gasteiger charge is 1.97. The number of nitrogens with zero attached hydrogens (tertiary/aromatic N) is 1. The number of nitriles is 1. The standard InChI is InChI=1S/C10H10N2O/c11-7-9-6-10(12)4-3-8(9)2-1-5-13/h1-4,6,13H,5,12H2. The Kier molecular flexibility index (Phi) is 3.07. The van der Waals surface area contributed by atoms with Crippen LogP contribution in [0.15, 0.2) is 24.3 Å². The molecule has 0 aliphatic rings. The lowest BCUT2D eigenvalue weighted by atomic mass is 10.1. The van der Waals surface area contributed by atoms with Gasteiger partial charge in [-0.3, -0.25) is 0 Å². The van der Waals surface area contributed by atoms with Crippen molar-refractivity contribution in [1.29, 1.82) is 5.26 Å². The van der Waals surface area contributed by atoms with Gasteiger partial charge < -0.3 is 10.8 Å². The number of aliphatic hydroxyl groups excluding tert-OH is 1. The van der Waals surface area contributed by atoms with E-state index in [1.807, 2.05) is 6.07 Å². The molecule has 0 unspecified atom stereocenters. The van der Waals surface area contributed by atoms with E-state index in [0.717, 1.165) is 5.56 Å². The molecule has 0 aliphatic carbocycles. The lowest BCUT2D eigenvalue weighted by Crippen LogP contribution is -1.88. The van der Waals surface area contributed by atoms with Crippen LogP contribution in [0.3, 0.4) is 0 Å². The molecule has 0 bridgehead atoms. The largest absolute Gasteiger partial charge is 0.399 e. The van der Waals surface area contributed by atoms with Gasteiger partial charge >= 0.3 is 0 Å². The number of rotatable bonds is 2. The van der Waals surface area contributed by atoms with Crippen LogP contribution in [0, 0.1) is 11.3 Å². The monoisotopic (exact) mass is 174 g/mol. The van der Waals surface area contributed by atoms with E-state index >= 15 is 0 Å². The Hall–Kier alpha value is -1.79. The lowest BCUT2D eigenvalue weighted by Gasteiger charge is -1.98. The molecule has 0 spiro atoms. The Bertz CT molecular complexity index is 364. The second kappa shape index (κ2) is 4.29. The molecular weight excluding hydrogens is 164 g/mol. The van der Waals surface area contributed by atoms with E-state index in [-0.39, 0.29) is 6.61 Å². The van der Waals surface area contributed by atoms with Gasteiger partial charge in [0.25, 0.3) is 0 Å². The van der Waals surface area contributed by atoms with Gasteiger partial charge in [-0.2, -0.15) is 5.26 Å². The van der Waals surface area contributed by atoms with Gasteiger partial charge in [-0.15, -0.1) is 0 Å². The number of nitrogen functional groups attached to an aromatic ring is 1. The fourth-order valence-electron chi connectivity index (χ4n) is 0.996. The lowest BCUT2D eigenvalue weighted by molar-refractivity contribution is 0.343. The third-order valence-corrected chi connectivity index (χ3v) is 1.60. The van der Waals surface area contributed by atoms with Crippen LogP contribution in [0.1, 0.15) is 11.1 Å². The molecule has 0 aliphatic heterocycles. The van der Waals surface area contributed by atoms with E-state index in [1.54, 1.807) is 30.4 Å². The maximum atomic E-state index is 8.74. The molecule has 0 aromatic heterocycles. The fourth-order valence-corrected chi connectivity index (χ4v) is 0.996. The molecular formula is C10H10N2O. The fraction of sp³-hybridized carbons (Fsp3) is 0.100. The molecule has 0 heterocycles. The molecule has 0 saturated carbocycles. The van der Waals surface area contributed by atoms with Gasteiger partial charge in [0.2, 0.25) is 0 Å². The molecule has 0 amide bonds. The zero-order valence-electron chi connectivity index (χ0n) is 7.07. The molecule has 3 N–H and O–H groups in total. The van der Waals surface area contributed by atoms with Crippen LogP contribution in [0.4, 0.5) is 5.69 Å². The average Bonchev–Trinajstić information content (AvgIpc) is 2.16. The van der Waals surface area contributed by atoms with Crippen LogP contribution in [-0.4, -0.2) is 11.7 Å². The van der Waals surface area contributed by atoms with Gasteiger partial charge in [0.05, 0.1) is 18.2 Å². The van der Waals surface area contributed by atoms with Crippen LogP contribution in [-0.2, 0) is 0 Å². The summed E-state index contributed by atoms with van der Waals surface area (Å²) in [4.78, 5) is 0. The van der Waals surface area contributed by atoms with Gasteiger partial charge in [-0.05, 0) is 17.7 Å². The third kappa shape index (κ3) is 2.32. The minimum atomic E-state index is -0.0325. The van der Waals surface area contributed by atoms with Gasteiger partial charge in [-0.1, -0.05) is 18.2 Å². The first kappa shape index (κ1) is 9.30. The number of anilines is 1. The van der Waals surface area contributed by atoms with Gasteiger partial charge in [-0.25, -0.2) is 0 Å². The number of nitrogens with two attached hydrogens (primary N) is 1. The summed E-state index contributed by atoms with van der Waals surface area (Å²) in [7, 11) is 0. The van der Waals surface area contributed by atoms with Crippen molar-refractivity contribution >= 4 is 11.8 Å². The second-order valence-electron chi connectivity index (χ2n) is 2.54. The van der Waals surface area contributed by atoms with E-state index in [9.17, 15) is 0 Å². The van der Waals surface area contributed by atoms with Crippen molar-refractivity contribution in [2.75, 3.05) is 12.3 Å². The van der Waals surface area contributed by atoms with Crippen molar-refractivity contribution in [1.82, 2.24) is 0 Å². The first-order chi connectivity index (χ1) is 6.27. The molecule has 1 rings (SSSR count). The van der Waals surface area contributed by atoms with Gasteiger partial charge in [0.15, 0.2) is 0 Å². The number of aliphatic hydroxyl groups is 1. The normalized spacial score (nSPS) is 10.2. The first-order valence-corrected chi connectivity index (χ1v) is 3.85. The molecule has 1 aromatic carbocycles. The van der Waals surface area contributed by atoms with E-state index in [2.05, 4.69) is 0 Å². The summed E-state index contributed by atoms with van der Waals surface area (Å²) in [5.41, 5.74) is 7.36. The summed E-state index contributed by atoms with van der Waals surface area (Å²) < 4.78 is 0. The smallest absolute Gasteiger partial charge is 0.0998 e. The topological polar surface area (TPSA) is 70.0 Å². The van der Waals surface area contributed by atoms with Gasteiger partial charge in [0.1, 0.15) is 0 Å². The highest BCUT2D eigenvalue weighted by atomic mass is 16.2. The molecule has 3 nitrogen and oxygen atoms in total. The van der Waals surface area contributed by atoms with Crippen molar-refractivity contribution in [3.63, 3.8) is 0 Å². The third-order valence-electron chi connectivity index (χ3n) is 1.60. The Morgan fingerprint density at radius 1 is 1.54 bits per heavy atom. The highest BCUT2D eigenvalue weighted by molar-refractivity contribution is 5.62.